The zero-order chi connectivity index (χ0) is 23.7. The maximum absolute atomic E-state index is 13.3. The molecule has 1 amide bonds. The Balaban J connectivity index is 1.38. The van der Waals surface area contributed by atoms with E-state index in [9.17, 15) is 14.3 Å². The van der Waals surface area contributed by atoms with Crippen molar-refractivity contribution in [3.05, 3.63) is 90.0 Å². The van der Waals surface area contributed by atoms with Crippen molar-refractivity contribution >= 4 is 22.6 Å². The second kappa shape index (κ2) is 9.27. The van der Waals surface area contributed by atoms with Crippen LogP contribution in [0.2, 0.25) is 0 Å². The molecule has 34 heavy (non-hydrogen) atoms. The molecule has 7 heteroatoms. The maximum Gasteiger partial charge on any atom is 0.227 e. The van der Waals surface area contributed by atoms with Crippen molar-refractivity contribution in [2.75, 3.05) is 18.1 Å². The van der Waals surface area contributed by atoms with Gasteiger partial charge in [0.1, 0.15) is 30.1 Å². The Morgan fingerprint density at radius 3 is 2.71 bits per heavy atom. The van der Waals surface area contributed by atoms with E-state index in [1.54, 1.807) is 17.0 Å². The number of imidazole rings is 1. The van der Waals surface area contributed by atoms with Gasteiger partial charge in [-0.15, -0.1) is 0 Å². The van der Waals surface area contributed by atoms with Crippen LogP contribution in [0.4, 0.5) is 10.1 Å². The molecule has 2 atom stereocenters. The third-order valence-electron chi connectivity index (χ3n) is 6.14. The molecule has 0 aliphatic carbocycles. The summed E-state index contributed by atoms with van der Waals surface area (Å²) in [5.41, 5.74) is 3.48. The Hall–Kier alpha value is -3.71. The minimum absolute atomic E-state index is 0.0291. The number of hydrogen-bond donors (Lipinski definition) is 1. The number of amides is 1. The monoisotopic (exact) mass is 459 g/mol. The third-order valence-corrected chi connectivity index (χ3v) is 6.14. The third kappa shape index (κ3) is 4.52. The van der Waals surface area contributed by atoms with Gasteiger partial charge in [0.15, 0.2) is 0 Å². The van der Waals surface area contributed by atoms with Gasteiger partial charge in [-0.2, -0.15) is 0 Å². The molecule has 0 saturated carbocycles. The molecule has 1 aliphatic heterocycles. The summed E-state index contributed by atoms with van der Waals surface area (Å²) in [4.78, 5) is 19.3. The van der Waals surface area contributed by atoms with Crippen LogP contribution in [0.15, 0.2) is 72.8 Å². The number of aliphatic hydroxyl groups excluding tert-OH is 1. The first-order valence-corrected chi connectivity index (χ1v) is 11.4. The smallest absolute Gasteiger partial charge is 0.227 e. The molecule has 4 aromatic rings. The minimum Gasteiger partial charge on any atom is -0.491 e. The summed E-state index contributed by atoms with van der Waals surface area (Å²) in [6.07, 6.45) is -0.460. The number of halogens is 1. The van der Waals surface area contributed by atoms with Gasteiger partial charge in [0.25, 0.3) is 0 Å². The zero-order valence-corrected chi connectivity index (χ0v) is 18.9. The summed E-state index contributed by atoms with van der Waals surface area (Å²) in [6, 6.07) is 21.4. The van der Waals surface area contributed by atoms with E-state index in [1.165, 1.54) is 12.1 Å². The number of aliphatic hydroxyl groups is 1. The largest absolute Gasteiger partial charge is 0.491 e. The lowest BCUT2D eigenvalue weighted by atomic mass is 10.1. The van der Waals surface area contributed by atoms with Crippen molar-refractivity contribution in [1.29, 1.82) is 0 Å². The molecule has 5 rings (SSSR count). The lowest BCUT2D eigenvalue weighted by molar-refractivity contribution is -0.117. The molecular formula is C27H26FN3O3. The average Bonchev–Trinajstić information content (AvgIpc) is 3.39. The second-order valence-electron chi connectivity index (χ2n) is 8.73. The van der Waals surface area contributed by atoms with Crippen LogP contribution >= 0.6 is 0 Å². The SMILES string of the molecule is Cc1cccc(OC[C@H](O)Cn2c([C@H]3CC(=O)N(c4ccc(F)cc4)C3)nc3ccccc32)c1. The van der Waals surface area contributed by atoms with Gasteiger partial charge in [0.2, 0.25) is 5.91 Å². The molecule has 174 valence electrons. The van der Waals surface area contributed by atoms with Gasteiger partial charge >= 0.3 is 0 Å². The number of carbonyl (C=O) groups excluding carboxylic acids is 1. The van der Waals surface area contributed by atoms with Crippen LogP contribution in [0, 0.1) is 12.7 Å². The van der Waals surface area contributed by atoms with Crippen molar-refractivity contribution in [3.63, 3.8) is 0 Å². The summed E-state index contributed by atoms with van der Waals surface area (Å²) in [7, 11) is 0. The van der Waals surface area contributed by atoms with Crippen molar-refractivity contribution in [2.45, 2.75) is 31.9 Å². The number of anilines is 1. The summed E-state index contributed by atoms with van der Waals surface area (Å²) in [6.45, 7) is 2.87. The number of para-hydroxylation sites is 2. The number of ether oxygens (including phenoxy) is 1. The molecular weight excluding hydrogens is 433 g/mol. The van der Waals surface area contributed by atoms with Crippen LogP contribution in [0.25, 0.3) is 11.0 Å². The molecule has 0 bridgehead atoms. The number of aromatic nitrogens is 2. The molecule has 0 radical (unpaired) electrons. The van der Waals surface area contributed by atoms with Gasteiger partial charge in [-0.05, 0) is 61.0 Å². The van der Waals surface area contributed by atoms with E-state index in [-0.39, 0.29) is 24.2 Å². The van der Waals surface area contributed by atoms with Crippen LogP contribution in [0.1, 0.15) is 23.7 Å². The van der Waals surface area contributed by atoms with E-state index in [4.69, 9.17) is 9.72 Å². The van der Waals surface area contributed by atoms with Crippen molar-refractivity contribution in [1.82, 2.24) is 9.55 Å². The van der Waals surface area contributed by atoms with Gasteiger partial charge in [0, 0.05) is 24.6 Å². The Morgan fingerprint density at radius 2 is 1.91 bits per heavy atom. The highest BCUT2D eigenvalue weighted by atomic mass is 19.1. The molecule has 1 aliphatic rings. The Labute approximate surface area is 197 Å². The van der Waals surface area contributed by atoms with Crippen LogP contribution in [0.5, 0.6) is 5.75 Å². The van der Waals surface area contributed by atoms with E-state index in [1.807, 2.05) is 60.0 Å². The summed E-state index contributed by atoms with van der Waals surface area (Å²) >= 11 is 0. The molecule has 0 unspecified atom stereocenters. The minimum atomic E-state index is -0.762. The van der Waals surface area contributed by atoms with E-state index in [0.29, 0.717) is 30.9 Å². The number of rotatable bonds is 7. The fourth-order valence-corrected chi connectivity index (χ4v) is 4.51. The highest BCUT2D eigenvalue weighted by molar-refractivity contribution is 5.96. The average molecular weight is 460 g/mol. The highest BCUT2D eigenvalue weighted by Crippen LogP contribution is 2.33. The topological polar surface area (TPSA) is 67.6 Å². The molecule has 0 spiro atoms. The van der Waals surface area contributed by atoms with E-state index in [2.05, 4.69) is 0 Å². The molecule has 1 aromatic heterocycles. The first kappa shape index (κ1) is 22.1. The number of nitrogens with zero attached hydrogens (tertiary/aromatic N) is 3. The predicted molar refractivity (Wildman–Crippen MR) is 129 cm³/mol. The van der Waals surface area contributed by atoms with Crippen molar-refractivity contribution in [3.8, 4) is 5.75 Å². The van der Waals surface area contributed by atoms with Crippen LogP contribution in [-0.2, 0) is 11.3 Å². The molecule has 6 nitrogen and oxygen atoms in total. The molecule has 1 saturated heterocycles. The van der Waals surface area contributed by atoms with Gasteiger partial charge < -0.3 is 19.3 Å². The molecule has 1 N–H and O–H groups in total. The van der Waals surface area contributed by atoms with Crippen molar-refractivity contribution in [2.24, 2.45) is 0 Å². The van der Waals surface area contributed by atoms with E-state index < -0.39 is 6.10 Å². The molecule has 2 heterocycles. The number of hydrogen-bond acceptors (Lipinski definition) is 4. The van der Waals surface area contributed by atoms with Crippen LogP contribution in [0.3, 0.4) is 0 Å². The number of aryl methyl sites for hydroxylation is 1. The van der Waals surface area contributed by atoms with Gasteiger partial charge in [-0.3, -0.25) is 4.79 Å². The van der Waals surface area contributed by atoms with Gasteiger partial charge in [-0.25, -0.2) is 9.37 Å². The first-order chi connectivity index (χ1) is 16.5. The predicted octanol–water partition coefficient (Wildman–Crippen LogP) is 4.44. The lowest BCUT2D eigenvalue weighted by Crippen LogP contribution is -2.26. The summed E-state index contributed by atoms with van der Waals surface area (Å²) in [5, 5.41) is 10.8. The Bertz CT molecular complexity index is 1320. The summed E-state index contributed by atoms with van der Waals surface area (Å²) in [5.74, 6) is 0.962. The summed E-state index contributed by atoms with van der Waals surface area (Å²) < 4.78 is 21.1. The standard InChI is InChI=1S/C27H26FN3O3/c1-18-5-4-6-23(13-18)34-17-22(32)16-31-25-8-3-2-7-24(25)29-27(31)19-14-26(33)30(15-19)21-11-9-20(28)10-12-21/h2-13,19,22,32H,14-17H2,1H3/t19-,22+/m0/s1. The Kier molecular flexibility index (Phi) is 6.02. The lowest BCUT2D eigenvalue weighted by Gasteiger charge is -2.19. The maximum atomic E-state index is 13.3. The van der Waals surface area contributed by atoms with Gasteiger partial charge in [-0.1, -0.05) is 24.3 Å². The van der Waals surface area contributed by atoms with Crippen molar-refractivity contribution < 1.29 is 19.0 Å². The van der Waals surface area contributed by atoms with E-state index >= 15 is 0 Å². The molecule has 1 fully saturated rings. The second-order valence-corrected chi connectivity index (χ2v) is 8.73. The van der Waals surface area contributed by atoms with Gasteiger partial charge in [0.05, 0.1) is 17.6 Å². The fourth-order valence-electron chi connectivity index (χ4n) is 4.51. The molecule has 3 aromatic carbocycles. The van der Waals surface area contributed by atoms with E-state index in [0.717, 1.165) is 22.4 Å². The number of fused-ring (bicyclic) bond motifs is 1. The highest BCUT2D eigenvalue weighted by Gasteiger charge is 2.35. The zero-order valence-electron chi connectivity index (χ0n) is 18.9. The first-order valence-electron chi connectivity index (χ1n) is 11.4. The van der Waals surface area contributed by atoms with Crippen LogP contribution < -0.4 is 9.64 Å². The quantitative estimate of drug-likeness (QED) is 0.444. The normalized spacial score (nSPS) is 16.9. The Morgan fingerprint density at radius 1 is 1.12 bits per heavy atom. The van der Waals surface area contributed by atoms with Crippen LogP contribution in [-0.4, -0.2) is 39.8 Å². The fraction of sp³-hybridized carbons (Fsp3) is 0.259. The number of carbonyl (C=O) groups is 1. The number of benzene rings is 3.